The molecule has 4 N–H and O–H groups in total. The van der Waals surface area contributed by atoms with Crippen molar-refractivity contribution in [2.75, 3.05) is 32.8 Å². The summed E-state index contributed by atoms with van der Waals surface area (Å²) in [6.07, 6.45) is 1.91. The molecule has 236 valence electrons. The summed E-state index contributed by atoms with van der Waals surface area (Å²) in [5.41, 5.74) is 0.732. The molecule has 10 nitrogen and oxygen atoms in total. The molecule has 0 bridgehead atoms. The summed E-state index contributed by atoms with van der Waals surface area (Å²) >= 11 is 0. The Morgan fingerprint density at radius 1 is 1.07 bits per heavy atom. The number of hydrogen-bond acceptors (Lipinski definition) is 7. The van der Waals surface area contributed by atoms with Crippen LogP contribution in [0.2, 0.25) is 0 Å². The molecule has 2 heterocycles. The van der Waals surface area contributed by atoms with E-state index in [0.717, 1.165) is 18.4 Å². The van der Waals surface area contributed by atoms with Gasteiger partial charge in [-0.05, 0) is 67.1 Å². The van der Waals surface area contributed by atoms with Crippen molar-refractivity contribution >= 4 is 30.1 Å². The molecule has 11 heteroatoms. The monoisotopic (exact) mass is 616 g/mol. The van der Waals surface area contributed by atoms with Crippen molar-refractivity contribution in [3.63, 3.8) is 0 Å². The van der Waals surface area contributed by atoms with Crippen molar-refractivity contribution in [1.29, 1.82) is 0 Å². The van der Waals surface area contributed by atoms with Crippen LogP contribution in [0, 0.1) is 5.92 Å². The molecule has 2 fully saturated rings. The first-order valence-corrected chi connectivity index (χ1v) is 15.0. The Hall–Kier alpha value is -3.18. The van der Waals surface area contributed by atoms with Gasteiger partial charge in [0.15, 0.2) is 0 Å². The van der Waals surface area contributed by atoms with Crippen molar-refractivity contribution in [3.8, 4) is 11.5 Å². The van der Waals surface area contributed by atoms with Crippen LogP contribution in [-0.2, 0) is 16.1 Å². The molecule has 4 rings (SSSR count). The van der Waals surface area contributed by atoms with Gasteiger partial charge in [0.05, 0.1) is 12.7 Å². The molecule has 3 amide bonds. The second-order valence-electron chi connectivity index (χ2n) is 11.6. The van der Waals surface area contributed by atoms with Crippen LogP contribution in [0.4, 0.5) is 0 Å². The van der Waals surface area contributed by atoms with Gasteiger partial charge < -0.3 is 30.5 Å². The smallest absolute Gasteiger partial charge is 0.251 e. The summed E-state index contributed by atoms with van der Waals surface area (Å²) in [5, 5.41) is 25.0. The van der Waals surface area contributed by atoms with Gasteiger partial charge in [-0.1, -0.05) is 39.3 Å². The van der Waals surface area contributed by atoms with Gasteiger partial charge in [0.2, 0.25) is 11.8 Å². The van der Waals surface area contributed by atoms with Gasteiger partial charge in [0, 0.05) is 38.3 Å². The van der Waals surface area contributed by atoms with E-state index in [2.05, 4.69) is 22.5 Å². The molecule has 2 aromatic carbocycles. The lowest BCUT2D eigenvalue weighted by atomic mass is 9.80. The number of hydrogen-bond donors (Lipinski definition) is 4. The molecule has 2 aliphatic heterocycles. The van der Waals surface area contributed by atoms with Crippen LogP contribution in [0.25, 0.3) is 0 Å². The van der Waals surface area contributed by atoms with Crippen LogP contribution >= 0.6 is 12.4 Å². The molecule has 43 heavy (non-hydrogen) atoms. The Kier molecular flexibility index (Phi) is 12.4. The fraction of sp³-hybridized carbons (Fsp3) is 0.531. The van der Waals surface area contributed by atoms with E-state index in [4.69, 9.17) is 9.84 Å². The lowest BCUT2D eigenvalue weighted by molar-refractivity contribution is -0.165. The number of aliphatic hydroxyl groups excluding tert-OH is 2. The number of piperazine rings is 1. The number of nitrogens with one attached hydrogen (secondary N) is 2. The zero-order chi connectivity index (χ0) is 30.3. The third-order valence-corrected chi connectivity index (χ3v) is 8.28. The van der Waals surface area contributed by atoms with Crippen LogP contribution in [0.15, 0.2) is 48.5 Å². The largest absolute Gasteiger partial charge is 0.457 e. The number of piperidine rings is 1. The Balaban J connectivity index is 0.00000506. The third-order valence-electron chi connectivity index (χ3n) is 8.28. The minimum atomic E-state index is -0.918. The Bertz CT molecular complexity index is 1220. The van der Waals surface area contributed by atoms with Crippen molar-refractivity contribution in [1.82, 2.24) is 20.4 Å². The molecule has 2 aliphatic rings. The fourth-order valence-corrected chi connectivity index (χ4v) is 5.68. The summed E-state index contributed by atoms with van der Waals surface area (Å²) in [6.45, 7) is 8.46. The van der Waals surface area contributed by atoms with E-state index in [1.165, 1.54) is 0 Å². The number of unbranched alkanes of at least 4 members (excludes halogenated alkanes) is 1. The van der Waals surface area contributed by atoms with Gasteiger partial charge in [0.25, 0.3) is 5.91 Å². The third kappa shape index (κ3) is 8.06. The highest BCUT2D eigenvalue weighted by molar-refractivity contribution is 6.00. The van der Waals surface area contributed by atoms with Gasteiger partial charge >= 0.3 is 0 Å². The van der Waals surface area contributed by atoms with Crippen molar-refractivity contribution in [2.45, 2.75) is 70.7 Å². The normalized spacial score (nSPS) is 19.1. The molecular formula is C32H45ClN4O6. The van der Waals surface area contributed by atoms with E-state index in [1.54, 1.807) is 29.2 Å². The maximum atomic E-state index is 13.5. The lowest BCUT2D eigenvalue weighted by Crippen LogP contribution is -2.74. The number of likely N-dealkylation sites (tertiary alicyclic amines) is 1. The summed E-state index contributed by atoms with van der Waals surface area (Å²) in [7, 11) is 0. The van der Waals surface area contributed by atoms with E-state index in [9.17, 15) is 19.5 Å². The number of nitrogens with zero attached hydrogens (tertiary/aromatic N) is 2. The van der Waals surface area contributed by atoms with Crippen molar-refractivity contribution in [3.05, 3.63) is 59.7 Å². The predicted molar refractivity (Wildman–Crippen MR) is 166 cm³/mol. The Labute approximate surface area is 260 Å². The van der Waals surface area contributed by atoms with Crippen molar-refractivity contribution in [2.24, 2.45) is 5.92 Å². The zero-order valence-electron chi connectivity index (χ0n) is 25.3. The first-order valence-electron chi connectivity index (χ1n) is 15.0. The van der Waals surface area contributed by atoms with Gasteiger partial charge in [-0.15, -0.1) is 12.4 Å². The van der Waals surface area contributed by atoms with E-state index < -0.39 is 17.7 Å². The Morgan fingerprint density at radius 3 is 2.23 bits per heavy atom. The molecule has 0 aromatic heterocycles. The highest BCUT2D eigenvalue weighted by atomic mass is 35.5. The first kappa shape index (κ1) is 34.3. The summed E-state index contributed by atoms with van der Waals surface area (Å²) < 4.78 is 5.94. The molecule has 2 aromatic rings. The second-order valence-corrected chi connectivity index (χ2v) is 11.6. The molecular weight excluding hydrogens is 572 g/mol. The first-order chi connectivity index (χ1) is 20.2. The minimum absolute atomic E-state index is 0. The molecule has 0 saturated carbocycles. The highest BCUT2D eigenvalue weighted by Crippen LogP contribution is 2.35. The number of rotatable bonds is 12. The van der Waals surface area contributed by atoms with Crippen molar-refractivity contribution < 1.29 is 29.3 Å². The van der Waals surface area contributed by atoms with E-state index >= 15 is 0 Å². The molecule has 2 saturated heterocycles. The lowest BCUT2D eigenvalue weighted by Gasteiger charge is -2.52. The van der Waals surface area contributed by atoms with Gasteiger partial charge in [-0.3, -0.25) is 19.3 Å². The summed E-state index contributed by atoms with van der Waals surface area (Å²) in [6, 6.07) is 13.8. The minimum Gasteiger partial charge on any atom is -0.457 e. The quantitative estimate of drug-likeness (QED) is 0.288. The zero-order valence-corrected chi connectivity index (χ0v) is 26.1. The maximum absolute atomic E-state index is 13.5. The molecule has 0 radical (unpaired) electrons. The second kappa shape index (κ2) is 15.5. The molecule has 1 spiro atoms. The van der Waals surface area contributed by atoms with Crippen LogP contribution in [0.5, 0.6) is 11.5 Å². The number of amides is 3. The average Bonchev–Trinajstić information content (AvgIpc) is 2.99. The van der Waals surface area contributed by atoms with Crippen LogP contribution in [0.3, 0.4) is 0 Å². The van der Waals surface area contributed by atoms with Crippen LogP contribution < -0.4 is 15.4 Å². The van der Waals surface area contributed by atoms with E-state index in [1.807, 2.05) is 38.1 Å². The summed E-state index contributed by atoms with van der Waals surface area (Å²) in [4.78, 5) is 43.1. The predicted octanol–water partition coefficient (Wildman–Crippen LogP) is 3.10. The number of carbonyl (C=O) groups excluding carboxylic acids is 3. The average molecular weight is 617 g/mol. The van der Waals surface area contributed by atoms with Gasteiger partial charge in [-0.2, -0.15) is 0 Å². The molecule has 0 unspecified atom stereocenters. The molecule has 2 atom stereocenters. The van der Waals surface area contributed by atoms with Crippen LogP contribution in [0.1, 0.15) is 62.4 Å². The SMILES string of the molecule is CCCCN1C(=O)[C@@H]([C@H](O)C(C)C)NC(=O)C12CCN(Cc1ccc(Oc3ccc(C(=O)NCCO)cc3)cc1)CC2.Cl. The Morgan fingerprint density at radius 2 is 1.67 bits per heavy atom. The standard InChI is InChI=1S/C32H44N4O6.ClH/c1-4-5-17-36-30(40)27(28(38)22(2)3)34-31(41)32(36)14-18-35(19-15-32)21-23-6-10-25(11-7-23)42-26-12-8-24(9-13-26)29(39)33-16-20-37;/h6-13,22,27-28,37-38H,4-5,14-21H2,1-3H3,(H,33,39)(H,34,41);1H/t27-,28-;/m1./s1. The van der Waals surface area contributed by atoms with Gasteiger partial charge in [0.1, 0.15) is 23.1 Å². The van der Waals surface area contributed by atoms with E-state index in [-0.39, 0.29) is 49.2 Å². The number of ether oxygens (including phenoxy) is 1. The van der Waals surface area contributed by atoms with E-state index in [0.29, 0.717) is 56.1 Å². The summed E-state index contributed by atoms with van der Waals surface area (Å²) in [5.74, 6) is 0.573. The maximum Gasteiger partial charge on any atom is 0.251 e. The number of carbonyl (C=O) groups is 3. The van der Waals surface area contributed by atoms with Gasteiger partial charge in [-0.25, -0.2) is 0 Å². The van der Waals surface area contributed by atoms with Crippen LogP contribution in [-0.4, -0.2) is 88.2 Å². The highest BCUT2D eigenvalue weighted by Gasteiger charge is 2.54. The fourth-order valence-electron chi connectivity index (χ4n) is 5.68. The number of benzene rings is 2. The topological polar surface area (TPSA) is 131 Å². The molecule has 0 aliphatic carbocycles. The number of aliphatic hydroxyl groups is 2. The number of halogens is 1.